The third-order valence-electron chi connectivity index (χ3n) is 7.76. The number of carbonyl (C=O) groups is 2. The molecule has 174 valence electrons. The minimum absolute atomic E-state index is 0.115. The van der Waals surface area contributed by atoms with E-state index in [1.54, 1.807) is 16.2 Å². The SMILES string of the molecule is C[C@H]1CC[C@H](c2ccc3sc(C4CC(C)(C)N(C)C(C)(C)C4)nc3c2)N(C(=O)C(N)=O)C1. The summed E-state index contributed by atoms with van der Waals surface area (Å²) >= 11 is 1.79. The van der Waals surface area contributed by atoms with Crippen LogP contribution in [0.1, 0.15) is 82.8 Å². The maximum absolute atomic E-state index is 12.5. The number of amides is 2. The number of aromatic nitrogens is 1. The molecule has 7 heteroatoms. The van der Waals surface area contributed by atoms with Crippen LogP contribution in [0.2, 0.25) is 0 Å². The molecule has 0 unspecified atom stereocenters. The van der Waals surface area contributed by atoms with Crippen LogP contribution >= 0.6 is 11.3 Å². The molecule has 32 heavy (non-hydrogen) atoms. The monoisotopic (exact) mass is 456 g/mol. The summed E-state index contributed by atoms with van der Waals surface area (Å²) in [6, 6.07) is 6.21. The Balaban J connectivity index is 1.65. The Labute approximate surface area is 195 Å². The Kier molecular flexibility index (Phi) is 5.87. The number of likely N-dealkylation sites (tertiary alicyclic amines) is 2. The van der Waals surface area contributed by atoms with E-state index in [1.807, 2.05) is 0 Å². The maximum atomic E-state index is 12.5. The molecule has 0 bridgehead atoms. The highest BCUT2D eigenvalue weighted by atomic mass is 32.1. The summed E-state index contributed by atoms with van der Waals surface area (Å²) in [6.07, 6.45) is 4.02. The molecule has 6 nitrogen and oxygen atoms in total. The molecule has 0 spiro atoms. The number of rotatable bonds is 2. The van der Waals surface area contributed by atoms with Gasteiger partial charge in [0.2, 0.25) is 0 Å². The van der Waals surface area contributed by atoms with E-state index in [0.29, 0.717) is 18.4 Å². The average Bonchev–Trinajstić information content (AvgIpc) is 3.14. The van der Waals surface area contributed by atoms with Crippen LogP contribution in [-0.4, -0.2) is 51.3 Å². The van der Waals surface area contributed by atoms with Gasteiger partial charge in [0.15, 0.2) is 0 Å². The number of benzene rings is 1. The van der Waals surface area contributed by atoms with Crippen molar-refractivity contribution in [2.45, 2.75) is 83.3 Å². The van der Waals surface area contributed by atoms with Crippen LogP contribution in [0.3, 0.4) is 0 Å². The van der Waals surface area contributed by atoms with Crippen molar-refractivity contribution in [3.8, 4) is 0 Å². The number of hydrogen-bond acceptors (Lipinski definition) is 5. The quantitative estimate of drug-likeness (QED) is 0.677. The van der Waals surface area contributed by atoms with E-state index in [-0.39, 0.29) is 17.1 Å². The van der Waals surface area contributed by atoms with Gasteiger partial charge in [-0.1, -0.05) is 13.0 Å². The lowest BCUT2D eigenvalue weighted by Gasteiger charge is -2.53. The van der Waals surface area contributed by atoms with Gasteiger partial charge in [0.05, 0.1) is 21.3 Å². The molecule has 0 aliphatic carbocycles. The maximum Gasteiger partial charge on any atom is 0.312 e. The molecule has 3 heterocycles. The van der Waals surface area contributed by atoms with Crippen molar-refractivity contribution in [1.82, 2.24) is 14.8 Å². The second kappa shape index (κ2) is 8.10. The normalized spacial score (nSPS) is 26.4. The molecule has 2 aliphatic heterocycles. The van der Waals surface area contributed by atoms with Crippen LogP contribution < -0.4 is 5.73 Å². The average molecular weight is 457 g/mol. The van der Waals surface area contributed by atoms with Crippen LogP contribution in [0.25, 0.3) is 10.2 Å². The Morgan fingerprint density at radius 2 is 1.78 bits per heavy atom. The second-order valence-electron chi connectivity index (χ2n) is 11.1. The van der Waals surface area contributed by atoms with Crippen molar-refractivity contribution in [3.63, 3.8) is 0 Å². The first-order chi connectivity index (χ1) is 14.9. The molecule has 1 aromatic carbocycles. The molecule has 2 saturated heterocycles. The van der Waals surface area contributed by atoms with Crippen molar-refractivity contribution in [3.05, 3.63) is 28.8 Å². The van der Waals surface area contributed by atoms with Gasteiger partial charge in [-0.15, -0.1) is 11.3 Å². The predicted octanol–water partition coefficient (Wildman–Crippen LogP) is 4.45. The number of hydrogen-bond donors (Lipinski definition) is 1. The highest BCUT2D eigenvalue weighted by molar-refractivity contribution is 7.18. The number of primary amides is 1. The van der Waals surface area contributed by atoms with Crippen LogP contribution in [0, 0.1) is 5.92 Å². The third kappa shape index (κ3) is 4.17. The van der Waals surface area contributed by atoms with Crippen molar-refractivity contribution >= 4 is 33.4 Å². The fourth-order valence-corrected chi connectivity index (χ4v) is 6.80. The molecule has 2 fully saturated rings. The molecule has 2 atom stereocenters. The zero-order valence-electron chi connectivity index (χ0n) is 20.1. The number of nitrogens with zero attached hydrogens (tertiary/aromatic N) is 3. The van der Waals surface area contributed by atoms with Crippen LogP contribution in [-0.2, 0) is 9.59 Å². The Morgan fingerprint density at radius 1 is 1.12 bits per heavy atom. The summed E-state index contributed by atoms with van der Waals surface area (Å²) in [5.41, 5.74) is 7.60. The van der Waals surface area contributed by atoms with E-state index < -0.39 is 11.8 Å². The van der Waals surface area contributed by atoms with Gasteiger partial charge in [0, 0.05) is 23.5 Å². The van der Waals surface area contributed by atoms with Crippen molar-refractivity contribution in [1.29, 1.82) is 0 Å². The van der Waals surface area contributed by atoms with E-state index in [1.165, 1.54) is 9.71 Å². The number of thiazole rings is 1. The van der Waals surface area contributed by atoms with Gasteiger partial charge in [-0.05, 0) is 84.0 Å². The van der Waals surface area contributed by atoms with E-state index in [9.17, 15) is 9.59 Å². The molecular weight excluding hydrogens is 420 g/mol. The van der Waals surface area contributed by atoms with Gasteiger partial charge in [0.25, 0.3) is 0 Å². The standard InChI is InChI=1S/C25H36N4O2S/c1-15-7-9-19(29(14-15)23(31)21(26)30)16-8-10-20-18(11-16)27-22(32-20)17-12-24(2,3)28(6)25(4,5)13-17/h8,10-11,15,17,19H,7,9,12-14H2,1-6H3,(H2,26,30)/t15-,19+/m0/s1. The lowest BCUT2D eigenvalue weighted by molar-refractivity contribution is -0.147. The molecule has 0 saturated carbocycles. The lowest BCUT2D eigenvalue weighted by atomic mass is 9.74. The van der Waals surface area contributed by atoms with Crippen LogP contribution in [0.15, 0.2) is 18.2 Å². The first kappa shape index (κ1) is 23.2. The molecular formula is C25H36N4O2S. The molecule has 0 radical (unpaired) electrons. The zero-order chi connectivity index (χ0) is 23.4. The van der Waals surface area contributed by atoms with Gasteiger partial charge in [-0.25, -0.2) is 4.98 Å². The van der Waals surface area contributed by atoms with Crippen LogP contribution in [0.4, 0.5) is 0 Å². The number of nitrogens with two attached hydrogens (primary N) is 1. The van der Waals surface area contributed by atoms with Crippen molar-refractivity contribution in [2.24, 2.45) is 11.7 Å². The largest absolute Gasteiger partial charge is 0.361 e. The Hall–Kier alpha value is -1.99. The summed E-state index contributed by atoms with van der Waals surface area (Å²) in [5, 5.41) is 1.20. The molecule has 2 N–H and O–H groups in total. The summed E-state index contributed by atoms with van der Waals surface area (Å²) in [4.78, 5) is 33.3. The fourth-order valence-electron chi connectivity index (χ4n) is 5.76. The minimum Gasteiger partial charge on any atom is -0.361 e. The summed E-state index contributed by atoms with van der Waals surface area (Å²) in [5.74, 6) is -0.675. The molecule has 1 aromatic heterocycles. The minimum atomic E-state index is -0.881. The topological polar surface area (TPSA) is 79.5 Å². The van der Waals surface area contributed by atoms with Crippen molar-refractivity contribution < 1.29 is 9.59 Å². The highest BCUT2D eigenvalue weighted by Crippen LogP contribution is 2.46. The van der Waals surface area contributed by atoms with Gasteiger partial charge in [0.1, 0.15) is 0 Å². The Morgan fingerprint density at radius 3 is 2.41 bits per heavy atom. The Bertz CT molecular complexity index is 1030. The predicted molar refractivity (Wildman–Crippen MR) is 130 cm³/mol. The first-order valence-corrected chi connectivity index (χ1v) is 12.5. The summed E-state index contributed by atoms with van der Waals surface area (Å²) < 4.78 is 1.18. The number of piperidine rings is 2. The van der Waals surface area contributed by atoms with Crippen LogP contribution in [0.5, 0.6) is 0 Å². The summed E-state index contributed by atoms with van der Waals surface area (Å²) in [7, 11) is 2.23. The molecule has 2 amide bonds. The fraction of sp³-hybridized carbons (Fsp3) is 0.640. The molecule has 2 aliphatic rings. The lowest BCUT2D eigenvalue weighted by Crippen LogP contribution is -2.58. The van der Waals surface area contributed by atoms with Gasteiger partial charge < -0.3 is 10.6 Å². The summed E-state index contributed by atoms with van der Waals surface area (Å²) in [6.45, 7) is 12.0. The highest BCUT2D eigenvalue weighted by Gasteiger charge is 2.44. The molecule has 2 aromatic rings. The van der Waals surface area contributed by atoms with E-state index in [4.69, 9.17) is 10.7 Å². The van der Waals surface area contributed by atoms with Gasteiger partial charge >= 0.3 is 11.8 Å². The van der Waals surface area contributed by atoms with E-state index in [2.05, 4.69) is 64.8 Å². The third-order valence-corrected chi connectivity index (χ3v) is 8.96. The smallest absolute Gasteiger partial charge is 0.312 e. The number of fused-ring (bicyclic) bond motifs is 1. The van der Waals surface area contributed by atoms with E-state index >= 15 is 0 Å². The van der Waals surface area contributed by atoms with Crippen molar-refractivity contribution in [2.75, 3.05) is 13.6 Å². The van der Waals surface area contributed by atoms with Gasteiger partial charge in [-0.2, -0.15) is 0 Å². The zero-order valence-corrected chi connectivity index (χ0v) is 21.0. The van der Waals surface area contributed by atoms with E-state index in [0.717, 1.165) is 36.8 Å². The number of carbonyl (C=O) groups excluding carboxylic acids is 2. The van der Waals surface area contributed by atoms with Gasteiger partial charge in [-0.3, -0.25) is 14.5 Å². The molecule has 4 rings (SSSR count). The second-order valence-corrected chi connectivity index (χ2v) is 12.2. The first-order valence-electron chi connectivity index (χ1n) is 11.6.